The van der Waals surface area contributed by atoms with E-state index in [1.54, 1.807) is 0 Å². The SMILES string of the molecule is CCCCCCCCCCCCCCCCCCCCCCCCC(=O)O[C@H](COC(=O)CCCCCCCCCCCCCCCCCCC(C)C)COP(=O)(O)OC[C@@H](O)COP(=O)(O)OC[C@@H](COC(=O)CCCCCCCCC(C)CC)OC(=O)CCCCCCCCCCCCCC. The van der Waals surface area contributed by atoms with Crippen LogP contribution in [0.25, 0.3) is 0 Å². The second-order valence-electron chi connectivity index (χ2n) is 30.9. The molecule has 0 aliphatic carbocycles. The first kappa shape index (κ1) is 101. The summed E-state index contributed by atoms with van der Waals surface area (Å²) < 4.78 is 68.8. The number of carbonyl (C=O) groups is 4. The Hall–Kier alpha value is -1.94. The van der Waals surface area contributed by atoms with Crippen LogP contribution in [-0.4, -0.2) is 96.7 Å². The average molecular weight is 1510 g/mol. The Kier molecular flexibility index (Phi) is 74.1. The molecule has 103 heavy (non-hydrogen) atoms. The Labute approximate surface area is 632 Å². The molecule has 3 N–H and O–H groups in total. The molecular formula is C84H164O17P2. The molecule has 0 amide bonds. The predicted octanol–water partition coefficient (Wildman–Crippen LogP) is 25.5. The average Bonchev–Trinajstić information content (AvgIpc) is 0.912. The van der Waals surface area contributed by atoms with Gasteiger partial charge in [0, 0.05) is 25.7 Å². The van der Waals surface area contributed by atoms with Gasteiger partial charge in [0.25, 0.3) is 0 Å². The van der Waals surface area contributed by atoms with Gasteiger partial charge < -0.3 is 33.8 Å². The Morgan fingerprint density at radius 2 is 0.495 bits per heavy atom. The molecule has 0 aromatic heterocycles. The van der Waals surface area contributed by atoms with E-state index in [9.17, 15) is 43.2 Å². The van der Waals surface area contributed by atoms with Crippen LogP contribution in [0.5, 0.6) is 0 Å². The van der Waals surface area contributed by atoms with Crippen molar-refractivity contribution in [3.8, 4) is 0 Å². The molecule has 0 bridgehead atoms. The molecule has 3 unspecified atom stereocenters. The van der Waals surface area contributed by atoms with Crippen LogP contribution in [0.15, 0.2) is 0 Å². The molecule has 6 atom stereocenters. The number of ether oxygens (including phenoxy) is 4. The summed E-state index contributed by atoms with van der Waals surface area (Å²) in [6, 6.07) is 0. The van der Waals surface area contributed by atoms with E-state index in [0.717, 1.165) is 108 Å². The Bertz CT molecular complexity index is 1980. The van der Waals surface area contributed by atoms with E-state index < -0.39 is 97.5 Å². The Morgan fingerprint density at radius 1 is 0.282 bits per heavy atom. The minimum atomic E-state index is -4.96. The van der Waals surface area contributed by atoms with Gasteiger partial charge in [-0.05, 0) is 37.5 Å². The van der Waals surface area contributed by atoms with Crippen molar-refractivity contribution >= 4 is 39.5 Å². The first-order chi connectivity index (χ1) is 49.9. The Balaban J connectivity index is 5.20. The van der Waals surface area contributed by atoms with Crippen molar-refractivity contribution in [2.24, 2.45) is 11.8 Å². The van der Waals surface area contributed by atoms with E-state index in [4.69, 9.17) is 37.0 Å². The monoisotopic (exact) mass is 1510 g/mol. The topological polar surface area (TPSA) is 237 Å². The Morgan fingerprint density at radius 3 is 0.738 bits per heavy atom. The van der Waals surface area contributed by atoms with Crippen LogP contribution < -0.4 is 0 Å². The van der Waals surface area contributed by atoms with Crippen molar-refractivity contribution in [3.63, 3.8) is 0 Å². The van der Waals surface area contributed by atoms with Gasteiger partial charge in [-0.1, -0.05) is 395 Å². The molecule has 0 saturated carbocycles. The second kappa shape index (κ2) is 75.5. The highest BCUT2D eigenvalue weighted by Crippen LogP contribution is 2.45. The standard InChI is InChI=1S/C84H164O17P2/c1-7-10-12-14-16-18-20-22-23-24-25-26-27-28-29-34-37-41-45-49-57-63-69-84(89)100-79(72-94-81(86)66-60-54-47-43-40-36-33-31-30-32-35-38-42-46-52-58-64-76(4)5)74-98-102(90,91)96-70-78(85)71-97-103(92,93)99-75-80(73-95-82(87)67-61-55-51-50-53-59-65-77(6)9-3)101-83(88)68-62-56-48-44-39-21-19-17-15-13-11-8-2/h76-80,85H,7-75H2,1-6H3,(H,90,91)(H,92,93)/t77?,78-,79-,80-/m1/s1. The first-order valence-electron chi connectivity index (χ1n) is 43.5. The number of aliphatic hydroxyl groups is 1. The van der Waals surface area contributed by atoms with E-state index in [0.29, 0.717) is 25.7 Å². The zero-order valence-electron chi connectivity index (χ0n) is 67.6. The molecule has 19 heteroatoms. The van der Waals surface area contributed by atoms with Gasteiger partial charge in [-0.2, -0.15) is 0 Å². The van der Waals surface area contributed by atoms with Crippen LogP contribution in [0.3, 0.4) is 0 Å². The molecule has 0 saturated heterocycles. The minimum Gasteiger partial charge on any atom is -0.462 e. The number of esters is 4. The summed E-state index contributed by atoms with van der Waals surface area (Å²) in [5.74, 6) is -0.563. The highest BCUT2D eigenvalue weighted by atomic mass is 31.2. The molecule has 17 nitrogen and oxygen atoms in total. The summed E-state index contributed by atoms with van der Waals surface area (Å²) in [7, 11) is -9.92. The fourth-order valence-electron chi connectivity index (χ4n) is 13.0. The zero-order valence-corrected chi connectivity index (χ0v) is 69.4. The maximum absolute atomic E-state index is 13.1. The van der Waals surface area contributed by atoms with Crippen molar-refractivity contribution in [1.82, 2.24) is 0 Å². The summed E-state index contributed by atoms with van der Waals surface area (Å²) in [6.07, 6.45) is 66.8. The third-order valence-corrected chi connectivity index (χ3v) is 22.0. The molecule has 612 valence electrons. The zero-order chi connectivity index (χ0) is 75.6. The van der Waals surface area contributed by atoms with Gasteiger partial charge in [0.15, 0.2) is 12.2 Å². The number of aliphatic hydroxyl groups excluding tert-OH is 1. The highest BCUT2D eigenvalue weighted by Gasteiger charge is 2.30. The largest absolute Gasteiger partial charge is 0.472 e. The van der Waals surface area contributed by atoms with Crippen LogP contribution in [0.4, 0.5) is 0 Å². The molecule has 0 aliphatic rings. The van der Waals surface area contributed by atoms with Crippen molar-refractivity contribution in [2.75, 3.05) is 39.6 Å². The number of rotatable bonds is 83. The quantitative estimate of drug-likeness (QED) is 0.0222. The van der Waals surface area contributed by atoms with Crippen LogP contribution in [0.1, 0.15) is 446 Å². The summed E-state index contributed by atoms with van der Waals surface area (Å²) >= 11 is 0. The van der Waals surface area contributed by atoms with Crippen LogP contribution in [0.2, 0.25) is 0 Å². The number of hydrogen-bond donors (Lipinski definition) is 3. The van der Waals surface area contributed by atoms with Gasteiger partial charge in [0.1, 0.15) is 19.3 Å². The predicted molar refractivity (Wildman–Crippen MR) is 423 cm³/mol. The maximum atomic E-state index is 13.1. The smallest absolute Gasteiger partial charge is 0.462 e. The third kappa shape index (κ3) is 76.6. The van der Waals surface area contributed by atoms with Crippen molar-refractivity contribution < 1.29 is 80.2 Å². The van der Waals surface area contributed by atoms with Crippen molar-refractivity contribution in [1.29, 1.82) is 0 Å². The van der Waals surface area contributed by atoms with E-state index >= 15 is 0 Å². The lowest BCUT2D eigenvalue weighted by Crippen LogP contribution is -2.30. The summed E-state index contributed by atoms with van der Waals surface area (Å²) in [5, 5.41) is 10.7. The molecule has 0 aromatic carbocycles. The van der Waals surface area contributed by atoms with Crippen LogP contribution >= 0.6 is 15.6 Å². The van der Waals surface area contributed by atoms with E-state index in [-0.39, 0.29) is 25.7 Å². The number of carbonyl (C=O) groups excluding carboxylic acids is 4. The number of hydrogen-bond acceptors (Lipinski definition) is 15. The van der Waals surface area contributed by atoms with Gasteiger partial charge in [-0.25, -0.2) is 9.13 Å². The number of unbranched alkanes of at least 4 members (excludes halogenated alkanes) is 52. The summed E-state index contributed by atoms with van der Waals surface area (Å²) in [6.45, 7) is 9.64. The summed E-state index contributed by atoms with van der Waals surface area (Å²) in [5.41, 5.74) is 0. The third-order valence-electron chi connectivity index (χ3n) is 20.1. The lowest BCUT2D eigenvalue weighted by Gasteiger charge is -2.21. The summed E-state index contributed by atoms with van der Waals surface area (Å²) in [4.78, 5) is 73.1. The van der Waals surface area contributed by atoms with E-state index in [1.165, 1.54) is 257 Å². The van der Waals surface area contributed by atoms with Gasteiger partial charge in [-0.15, -0.1) is 0 Å². The molecule has 0 fully saturated rings. The second-order valence-corrected chi connectivity index (χ2v) is 33.8. The molecule has 0 rings (SSSR count). The number of phosphoric ester groups is 2. The molecule has 0 aromatic rings. The van der Waals surface area contributed by atoms with Crippen LogP contribution in [0, 0.1) is 11.8 Å². The molecule has 0 spiro atoms. The lowest BCUT2D eigenvalue weighted by atomic mass is 10.00. The minimum absolute atomic E-state index is 0.107. The number of phosphoric acid groups is 2. The fraction of sp³-hybridized carbons (Fsp3) is 0.952. The van der Waals surface area contributed by atoms with Gasteiger partial charge in [0.05, 0.1) is 26.4 Å². The fourth-order valence-corrected chi connectivity index (χ4v) is 14.6. The van der Waals surface area contributed by atoms with Gasteiger partial charge in [0.2, 0.25) is 0 Å². The molecular weight excluding hydrogens is 1340 g/mol. The molecule has 0 radical (unpaired) electrons. The molecule has 0 aliphatic heterocycles. The van der Waals surface area contributed by atoms with Crippen molar-refractivity contribution in [3.05, 3.63) is 0 Å². The molecule has 0 heterocycles. The highest BCUT2D eigenvalue weighted by molar-refractivity contribution is 7.47. The van der Waals surface area contributed by atoms with Crippen molar-refractivity contribution in [2.45, 2.75) is 464 Å². The van der Waals surface area contributed by atoms with E-state index in [2.05, 4.69) is 41.5 Å². The van der Waals surface area contributed by atoms with Crippen LogP contribution in [-0.2, 0) is 65.4 Å². The normalized spacial score (nSPS) is 14.1. The van der Waals surface area contributed by atoms with E-state index in [1.807, 2.05) is 0 Å². The lowest BCUT2D eigenvalue weighted by molar-refractivity contribution is -0.161. The van der Waals surface area contributed by atoms with Gasteiger partial charge >= 0.3 is 39.5 Å². The maximum Gasteiger partial charge on any atom is 0.472 e. The first-order valence-corrected chi connectivity index (χ1v) is 46.5. The van der Waals surface area contributed by atoms with Gasteiger partial charge in [-0.3, -0.25) is 37.3 Å².